The van der Waals surface area contributed by atoms with Crippen molar-refractivity contribution in [3.8, 4) is 0 Å². The van der Waals surface area contributed by atoms with Gasteiger partial charge in [-0.1, -0.05) is 36.4 Å². The van der Waals surface area contributed by atoms with Gasteiger partial charge in [-0.2, -0.15) is 0 Å². The molecule has 1 aromatic rings. The third kappa shape index (κ3) is 2.58. The van der Waals surface area contributed by atoms with E-state index in [1.54, 1.807) is 11.0 Å². The molecule has 4 heteroatoms. The number of benzene rings is 1. The Labute approximate surface area is 124 Å². The number of carbonyl (C=O) groups is 2. The van der Waals surface area contributed by atoms with Crippen LogP contribution in [0.15, 0.2) is 42.5 Å². The van der Waals surface area contributed by atoms with Crippen molar-refractivity contribution in [2.45, 2.75) is 31.3 Å². The van der Waals surface area contributed by atoms with Crippen molar-refractivity contribution in [3.05, 3.63) is 48.0 Å². The number of nitrogens with zero attached hydrogens (tertiary/aromatic N) is 1. The van der Waals surface area contributed by atoms with Crippen LogP contribution in [0.2, 0.25) is 0 Å². The van der Waals surface area contributed by atoms with Gasteiger partial charge in [0, 0.05) is 6.04 Å². The van der Waals surface area contributed by atoms with Crippen LogP contribution in [0.4, 0.5) is 0 Å². The number of rotatable bonds is 3. The molecule has 2 aliphatic heterocycles. The zero-order chi connectivity index (χ0) is 14.8. The lowest BCUT2D eigenvalue weighted by Gasteiger charge is -2.31. The quantitative estimate of drug-likeness (QED) is 0.797. The minimum atomic E-state index is -0.439. The maximum absolute atomic E-state index is 12.1. The Hall–Kier alpha value is -2.10. The SMILES string of the molecule is COC(=O)[C@@H]1C[C@@H](Cc2ccccc2)[C@@H]2CC=CC(=O)N12. The van der Waals surface area contributed by atoms with Crippen molar-refractivity contribution >= 4 is 11.9 Å². The van der Waals surface area contributed by atoms with E-state index in [1.807, 2.05) is 24.3 Å². The fraction of sp³-hybridized carbons (Fsp3) is 0.412. The summed E-state index contributed by atoms with van der Waals surface area (Å²) in [4.78, 5) is 25.8. The molecule has 0 aliphatic carbocycles. The average Bonchev–Trinajstić information content (AvgIpc) is 2.88. The van der Waals surface area contributed by atoms with E-state index < -0.39 is 6.04 Å². The standard InChI is InChI=1S/C17H19NO3/c1-21-17(20)15-11-13(10-12-6-3-2-4-7-12)14-8-5-9-16(19)18(14)15/h2-7,9,13-15H,8,10-11H2,1H3/t13-,14+,15+/m1/s1. The van der Waals surface area contributed by atoms with Crippen LogP contribution in [-0.4, -0.2) is 36.0 Å². The summed E-state index contributed by atoms with van der Waals surface area (Å²) in [5.41, 5.74) is 1.25. The van der Waals surface area contributed by atoms with Crippen molar-refractivity contribution in [1.82, 2.24) is 4.90 Å². The molecule has 1 aromatic carbocycles. The van der Waals surface area contributed by atoms with Crippen LogP contribution in [0.25, 0.3) is 0 Å². The molecule has 0 aromatic heterocycles. The molecule has 2 aliphatic rings. The van der Waals surface area contributed by atoms with Crippen molar-refractivity contribution in [1.29, 1.82) is 0 Å². The minimum Gasteiger partial charge on any atom is -0.467 e. The molecule has 1 fully saturated rings. The Bertz CT molecular complexity index is 567. The minimum absolute atomic E-state index is 0.0720. The number of carbonyl (C=O) groups excluding carboxylic acids is 2. The van der Waals surface area contributed by atoms with Crippen LogP contribution < -0.4 is 0 Å². The number of hydrogen-bond acceptors (Lipinski definition) is 3. The van der Waals surface area contributed by atoms with E-state index in [1.165, 1.54) is 12.7 Å². The Kier molecular flexibility index (Phi) is 3.78. The van der Waals surface area contributed by atoms with Gasteiger partial charge in [-0.15, -0.1) is 0 Å². The number of methoxy groups -OCH3 is 1. The summed E-state index contributed by atoms with van der Waals surface area (Å²) in [7, 11) is 1.38. The van der Waals surface area contributed by atoms with E-state index in [9.17, 15) is 9.59 Å². The van der Waals surface area contributed by atoms with E-state index >= 15 is 0 Å². The van der Waals surface area contributed by atoms with Crippen molar-refractivity contribution in [2.75, 3.05) is 7.11 Å². The van der Waals surface area contributed by atoms with Gasteiger partial charge in [0.15, 0.2) is 0 Å². The van der Waals surface area contributed by atoms with Crippen molar-refractivity contribution in [3.63, 3.8) is 0 Å². The van der Waals surface area contributed by atoms with Crippen LogP contribution in [-0.2, 0) is 20.7 Å². The summed E-state index contributed by atoms with van der Waals surface area (Å²) in [5, 5.41) is 0. The number of ether oxygens (including phenoxy) is 1. The highest BCUT2D eigenvalue weighted by atomic mass is 16.5. The monoisotopic (exact) mass is 285 g/mol. The highest BCUT2D eigenvalue weighted by Gasteiger charge is 2.47. The highest BCUT2D eigenvalue weighted by Crippen LogP contribution is 2.37. The first-order chi connectivity index (χ1) is 10.2. The van der Waals surface area contributed by atoms with Crippen LogP contribution >= 0.6 is 0 Å². The fourth-order valence-electron chi connectivity index (χ4n) is 3.52. The molecule has 110 valence electrons. The molecule has 3 rings (SSSR count). The van der Waals surface area contributed by atoms with Gasteiger partial charge in [0.05, 0.1) is 7.11 Å². The first-order valence-corrected chi connectivity index (χ1v) is 7.31. The molecule has 0 spiro atoms. The lowest BCUT2D eigenvalue weighted by Crippen LogP contribution is -2.46. The first-order valence-electron chi connectivity index (χ1n) is 7.31. The van der Waals surface area contributed by atoms with Crippen LogP contribution in [0.5, 0.6) is 0 Å². The van der Waals surface area contributed by atoms with Crippen molar-refractivity contribution < 1.29 is 14.3 Å². The van der Waals surface area contributed by atoms with Gasteiger partial charge in [0.1, 0.15) is 6.04 Å². The van der Waals surface area contributed by atoms with Gasteiger partial charge in [-0.05, 0) is 36.8 Å². The van der Waals surface area contributed by atoms with Crippen molar-refractivity contribution in [2.24, 2.45) is 5.92 Å². The van der Waals surface area contributed by atoms with E-state index in [-0.39, 0.29) is 17.9 Å². The zero-order valence-electron chi connectivity index (χ0n) is 12.1. The van der Waals surface area contributed by atoms with Crippen LogP contribution in [0.3, 0.4) is 0 Å². The first kappa shape index (κ1) is 13.9. The summed E-state index contributed by atoms with van der Waals surface area (Å²) in [6.07, 6.45) is 5.87. The smallest absolute Gasteiger partial charge is 0.328 e. The second-order valence-electron chi connectivity index (χ2n) is 5.68. The molecule has 3 atom stereocenters. The normalized spacial score (nSPS) is 27.6. The summed E-state index contributed by atoms with van der Waals surface area (Å²) >= 11 is 0. The van der Waals surface area contributed by atoms with Crippen LogP contribution in [0.1, 0.15) is 18.4 Å². The Morgan fingerprint density at radius 2 is 2.10 bits per heavy atom. The van der Waals surface area contributed by atoms with Gasteiger partial charge in [-0.3, -0.25) is 4.79 Å². The molecule has 0 radical (unpaired) electrons. The predicted molar refractivity (Wildman–Crippen MR) is 78.4 cm³/mol. The third-order valence-electron chi connectivity index (χ3n) is 4.47. The molecule has 1 saturated heterocycles. The summed E-state index contributed by atoms with van der Waals surface area (Å²) in [6.45, 7) is 0. The molecule has 0 N–H and O–H groups in total. The lowest BCUT2D eigenvalue weighted by atomic mass is 9.89. The fourth-order valence-corrected chi connectivity index (χ4v) is 3.52. The van der Waals surface area contributed by atoms with Crippen LogP contribution in [0, 0.1) is 5.92 Å². The summed E-state index contributed by atoms with van der Waals surface area (Å²) < 4.78 is 4.87. The van der Waals surface area contributed by atoms with E-state index in [0.717, 1.165) is 12.8 Å². The molecule has 0 saturated carbocycles. The summed E-state index contributed by atoms with van der Waals surface area (Å²) in [5.74, 6) is -0.0816. The van der Waals surface area contributed by atoms with Gasteiger partial charge in [0.2, 0.25) is 5.91 Å². The second-order valence-corrected chi connectivity index (χ2v) is 5.68. The largest absolute Gasteiger partial charge is 0.467 e. The average molecular weight is 285 g/mol. The highest BCUT2D eigenvalue weighted by molar-refractivity contribution is 5.93. The van der Waals surface area contributed by atoms with E-state index in [0.29, 0.717) is 12.3 Å². The Balaban J connectivity index is 1.84. The molecule has 0 bridgehead atoms. The molecular weight excluding hydrogens is 266 g/mol. The molecule has 21 heavy (non-hydrogen) atoms. The molecule has 0 unspecified atom stereocenters. The Morgan fingerprint density at radius 1 is 1.33 bits per heavy atom. The van der Waals surface area contributed by atoms with Gasteiger partial charge < -0.3 is 9.64 Å². The second kappa shape index (κ2) is 5.72. The lowest BCUT2D eigenvalue weighted by molar-refractivity contribution is -0.150. The molecule has 1 amide bonds. The van der Waals surface area contributed by atoms with E-state index in [2.05, 4.69) is 12.1 Å². The number of fused-ring (bicyclic) bond motifs is 1. The van der Waals surface area contributed by atoms with E-state index in [4.69, 9.17) is 4.74 Å². The van der Waals surface area contributed by atoms with Gasteiger partial charge in [-0.25, -0.2) is 4.79 Å². The molecular formula is C17H19NO3. The van der Waals surface area contributed by atoms with Gasteiger partial charge >= 0.3 is 5.97 Å². The Morgan fingerprint density at radius 3 is 2.81 bits per heavy atom. The van der Waals surface area contributed by atoms with Gasteiger partial charge in [0.25, 0.3) is 0 Å². The number of amides is 1. The topological polar surface area (TPSA) is 46.6 Å². The zero-order valence-corrected chi connectivity index (χ0v) is 12.1. The maximum Gasteiger partial charge on any atom is 0.328 e. The maximum atomic E-state index is 12.1. The molecule has 4 nitrogen and oxygen atoms in total. The predicted octanol–water partition coefficient (Wildman–Crippen LogP) is 1.95. The number of hydrogen-bond donors (Lipinski definition) is 0. The summed E-state index contributed by atoms with van der Waals surface area (Å²) in [6, 6.07) is 9.89. The number of esters is 1. The third-order valence-corrected chi connectivity index (χ3v) is 4.47. The molecule has 2 heterocycles.